The van der Waals surface area contributed by atoms with Gasteiger partial charge in [-0.3, -0.25) is 0 Å². The molecule has 2 N–H and O–H groups in total. The Bertz CT molecular complexity index is 644. The van der Waals surface area contributed by atoms with Crippen molar-refractivity contribution in [3.8, 4) is 5.75 Å². The van der Waals surface area contributed by atoms with Crippen LogP contribution >= 0.6 is 27.7 Å². The molecule has 4 heteroatoms. The fourth-order valence-electron chi connectivity index (χ4n) is 2.56. The first-order valence-corrected chi connectivity index (χ1v) is 8.82. The minimum Gasteiger partial charge on any atom is -0.493 e. The lowest BCUT2D eigenvalue weighted by Crippen LogP contribution is -2.13. The van der Waals surface area contributed by atoms with Crippen molar-refractivity contribution < 1.29 is 4.74 Å². The fourth-order valence-corrected chi connectivity index (χ4v) is 4.18. The van der Waals surface area contributed by atoms with Crippen molar-refractivity contribution >= 4 is 27.7 Å². The summed E-state index contributed by atoms with van der Waals surface area (Å²) in [5, 5.41) is 0. The number of ether oxygens (including phenoxy) is 1. The summed E-state index contributed by atoms with van der Waals surface area (Å²) in [6, 6.07) is 14.6. The predicted octanol–water partition coefficient (Wildman–Crippen LogP) is 4.74. The van der Waals surface area contributed by atoms with Gasteiger partial charge in [-0.15, -0.1) is 11.8 Å². The normalized spacial score (nSPS) is 18.3. The highest BCUT2D eigenvalue weighted by Gasteiger charge is 2.23. The quantitative estimate of drug-likeness (QED) is 0.851. The second-order valence-electron chi connectivity index (χ2n) is 5.33. The van der Waals surface area contributed by atoms with Crippen LogP contribution in [0.25, 0.3) is 0 Å². The van der Waals surface area contributed by atoms with E-state index in [9.17, 15) is 0 Å². The molecule has 2 aromatic carbocycles. The number of hydrogen-bond donors (Lipinski definition) is 1. The average molecular weight is 364 g/mol. The number of rotatable bonds is 4. The Morgan fingerprint density at radius 3 is 2.95 bits per heavy atom. The third-order valence-corrected chi connectivity index (χ3v) is 5.45. The predicted molar refractivity (Wildman–Crippen MR) is 92.1 cm³/mol. The molecule has 1 unspecified atom stereocenters. The van der Waals surface area contributed by atoms with Crippen molar-refractivity contribution in [1.29, 1.82) is 0 Å². The van der Waals surface area contributed by atoms with Crippen molar-refractivity contribution in [2.24, 2.45) is 5.73 Å². The van der Waals surface area contributed by atoms with E-state index < -0.39 is 0 Å². The van der Waals surface area contributed by atoms with Crippen molar-refractivity contribution in [3.63, 3.8) is 0 Å². The molecule has 1 aliphatic heterocycles. The lowest BCUT2D eigenvalue weighted by molar-refractivity contribution is 0.294. The van der Waals surface area contributed by atoms with Gasteiger partial charge in [0.2, 0.25) is 0 Å². The van der Waals surface area contributed by atoms with E-state index in [1.54, 1.807) is 0 Å². The van der Waals surface area contributed by atoms with Crippen molar-refractivity contribution in [1.82, 2.24) is 0 Å². The molecule has 0 saturated carbocycles. The van der Waals surface area contributed by atoms with Crippen LogP contribution in [0.3, 0.4) is 0 Å². The highest BCUT2D eigenvalue weighted by Crippen LogP contribution is 2.39. The molecule has 1 aliphatic rings. The molecule has 0 bridgehead atoms. The number of hydrogen-bond acceptors (Lipinski definition) is 3. The highest BCUT2D eigenvalue weighted by atomic mass is 79.9. The van der Waals surface area contributed by atoms with Gasteiger partial charge in [-0.05, 0) is 36.8 Å². The van der Waals surface area contributed by atoms with Crippen LogP contribution in [-0.2, 0) is 0 Å². The minimum atomic E-state index is -0.0391. The largest absolute Gasteiger partial charge is 0.493 e. The number of nitrogens with two attached hydrogens (primary N) is 1. The van der Waals surface area contributed by atoms with Gasteiger partial charge in [0, 0.05) is 32.6 Å². The molecule has 21 heavy (non-hydrogen) atoms. The number of thioether (sulfide) groups is 1. The highest BCUT2D eigenvalue weighted by molar-refractivity contribution is 9.10. The van der Waals surface area contributed by atoms with Gasteiger partial charge in [0.25, 0.3) is 0 Å². The molecule has 0 spiro atoms. The smallest absolute Gasteiger partial charge is 0.124 e. The number of benzene rings is 2. The summed E-state index contributed by atoms with van der Waals surface area (Å²) >= 11 is 5.40. The van der Waals surface area contributed by atoms with E-state index in [2.05, 4.69) is 40.2 Å². The molecule has 3 rings (SSSR count). The Morgan fingerprint density at radius 1 is 1.33 bits per heavy atom. The molecule has 1 heterocycles. The van der Waals surface area contributed by atoms with Crippen LogP contribution in [0.2, 0.25) is 0 Å². The Labute approximate surface area is 138 Å². The minimum absolute atomic E-state index is 0.0391. The van der Waals surface area contributed by atoms with Crippen molar-refractivity contribution in [3.05, 3.63) is 58.1 Å². The van der Waals surface area contributed by atoms with Crippen LogP contribution in [0.15, 0.2) is 51.8 Å². The summed E-state index contributed by atoms with van der Waals surface area (Å²) in [4.78, 5) is 1.38. The summed E-state index contributed by atoms with van der Waals surface area (Å²) in [5.74, 6) is 2.43. The van der Waals surface area contributed by atoms with Gasteiger partial charge in [-0.2, -0.15) is 0 Å². The summed E-state index contributed by atoms with van der Waals surface area (Å²) in [7, 11) is 0. The molecule has 0 amide bonds. The first kappa shape index (κ1) is 14.9. The summed E-state index contributed by atoms with van der Waals surface area (Å²) < 4.78 is 7.11. The maximum absolute atomic E-state index is 6.08. The molecule has 2 atom stereocenters. The van der Waals surface area contributed by atoms with Gasteiger partial charge in [0.1, 0.15) is 5.75 Å². The maximum Gasteiger partial charge on any atom is 0.124 e. The van der Waals surface area contributed by atoms with Gasteiger partial charge in [-0.1, -0.05) is 34.1 Å². The summed E-state index contributed by atoms with van der Waals surface area (Å²) in [6.07, 6.45) is 0. The topological polar surface area (TPSA) is 35.2 Å². The van der Waals surface area contributed by atoms with E-state index in [-0.39, 0.29) is 6.04 Å². The number of halogens is 1. The Morgan fingerprint density at radius 2 is 2.14 bits per heavy atom. The van der Waals surface area contributed by atoms with Crippen LogP contribution < -0.4 is 10.5 Å². The van der Waals surface area contributed by atoms with Gasteiger partial charge >= 0.3 is 0 Å². The Balaban J connectivity index is 1.75. The fraction of sp³-hybridized carbons (Fsp3) is 0.294. The second-order valence-corrected chi connectivity index (χ2v) is 7.31. The summed E-state index contributed by atoms with van der Waals surface area (Å²) in [6.45, 7) is 2.68. The molecule has 0 fully saturated rings. The second kappa shape index (κ2) is 6.42. The lowest BCUT2D eigenvalue weighted by Gasteiger charge is -2.17. The van der Waals surface area contributed by atoms with E-state index in [1.165, 1.54) is 10.5 Å². The van der Waals surface area contributed by atoms with Gasteiger partial charge in [-0.25, -0.2) is 0 Å². The van der Waals surface area contributed by atoms with E-state index in [0.717, 1.165) is 21.5 Å². The molecule has 0 radical (unpaired) electrons. The van der Waals surface area contributed by atoms with E-state index in [0.29, 0.717) is 12.5 Å². The van der Waals surface area contributed by atoms with Gasteiger partial charge in [0.15, 0.2) is 0 Å². The van der Waals surface area contributed by atoms with Crippen LogP contribution in [0, 0.1) is 0 Å². The van der Waals surface area contributed by atoms with Crippen molar-refractivity contribution in [2.45, 2.75) is 23.8 Å². The third-order valence-electron chi connectivity index (χ3n) is 3.70. The van der Waals surface area contributed by atoms with Crippen LogP contribution in [0.1, 0.15) is 30.0 Å². The zero-order valence-electron chi connectivity index (χ0n) is 11.9. The molecule has 0 aliphatic carbocycles. The molecule has 0 saturated heterocycles. The SMILES string of the molecule is C[C@@H](N)c1cc(Br)ccc1OCC1CSc2ccccc21. The standard InChI is InChI=1S/C17H18BrNOS/c1-11(19)15-8-13(18)6-7-16(15)20-9-12-10-21-17-5-3-2-4-14(12)17/h2-8,11-12H,9-10,19H2,1H3/t11-,12?/m1/s1. The molecular weight excluding hydrogens is 346 g/mol. The van der Waals surface area contributed by atoms with Gasteiger partial charge in [0.05, 0.1) is 6.61 Å². The third kappa shape index (κ3) is 3.28. The molecular formula is C17H18BrNOS. The van der Waals surface area contributed by atoms with E-state index in [4.69, 9.17) is 10.5 Å². The van der Waals surface area contributed by atoms with Crippen LogP contribution in [0.5, 0.6) is 5.75 Å². The zero-order valence-corrected chi connectivity index (χ0v) is 14.3. The average Bonchev–Trinajstić information content (AvgIpc) is 2.89. The zero-order chi connectivity index (χ0) is 14.8. The molecule has 2 aromatic rings. The lowest BCUT2D eigenvalue weighted by atomic mass is 10.0. The maximum atomic E-state index is 6.08. The molecule has 110 valence electrons. The molecule has 2 nitrogen and oxygen atoms in total. The monoisotopic (exact) mass is 363 g/mol. The van der Waals surface area contributed by atoms with E-state index >= 15 is 0 Å². The van der Waals surface area contributed by atoms with E-state index in [1.807, 2.05) is 36.9 Å². The Hall–Kier alpha value is -0.970. The Kier molecular flexibility index (Phi) is 4.57. The summed E-state index contributed by atoms with van der Waals surface area (Å²) in [5.41, 5.74) is 8.49. The van der Waals surface area contributed by atoms with Crippen LogP contribution in [0.4, 0.5) is 0 Å². The first-order valence-electron chi connectivity index (χ1n) is 7.04. The molecule has 0 aromatic heterocycles. The van der Waals surface area contributed by atoms with Crippen LogP contribution in [-0.4, -0.2) is 12.4 Å². The number of fused-ring (bicyclic) bond motifs is 1. The van der Waals surface area contributed by atoms with Crippen molar-refractivity contribution in [2.75, 3.05) is 12.4 Å². The first-order chi connectivity index (χ1) is 10.1. The van der Waals surface area contributed by atoms with Gasteiger partial charge < -0.3 is 10.5 Å².